The van der Waals surface area contributed by atoms with Crippen LogP contribution in [0, 0.1) is 0 Å². The van der Waals surface area contributed by atoms with Crippen LogP contribution in [0.15, 0.2) is 42.5 Å². The lowest BCUT2D eigenvalue weighted by atomic mass is 10.1. The number of rotatable bonds is 6. The molecule has 30 heavy (non-hydrogen) atoms. The van der Waals surface area contributed by atoms with Gasteiger partial charge in [-0.3, -0.25) is 4.79 Å². The average molecular weight is 431 g/mol. The summed E-state index contributed by atoms with van der Waals surface area (Å²) in [4.78, 5) is 12.6. The van der Waals surface area contributed by atoms with E-state index in [2.05, 4.69) is 5.32 Å². The maximum Gasteiger partial charge on any atom is 0.251 e. The minimum absolute atomic E-state index is 0.0392. The van der Waals surface area contributed by atoms with E-state index in [1.54, 1.807) is 28.6 Å². The van der Waals surface area contributed by atoms with Crippen LogP contribution in [-0.2, 0) is 15.8 Å². The number of amides is 1. The van der Waals surface area contributed by atoms with Gasteiger partial charge in [-0.25, -0.2) is 12.7 Å². The van der Waals surface area contributed by atoms with Gasteiger partial charge in [0.2, 0.25) is 10.0 Å². The molecule has 2 aliphatic rings. The third-order valence-corrected chi connectivity index (χ3v) is 7.29. The van der Waals surface area contributed by atoms with Crippen molar-refractivity contribution in [2.24, 2.45) is 0 Å². The van der Waals surface area contributed by atoms with E-state index < -0.39 is 10.0 Å². The molecule has 1 amide bonds. The Bertz CT molecular complexity index is 1010. The van der Waals surface area contributed by atoms with Gasteiger partial charge >= 0.3 is 0 Å². The number of sulfonamides is 1. The Balaban J connectivity index is 1.39. The third kappa shape index (κ3) is 4.60. The number of carbonyl (C=O) groups is 1. The van der Waals surface area contributed by atoms with Crippen LogP contribution in [0.5, 0.6) is 11.5 Å². The van der Waals surface area contributed by atoms with Gasteiger partial charge in [0.05, 0.1) is 11.8 Å². The van der Waals surface area contributed by atoms with Crippen molar-refractivity contribution in [2.75, 3.05) is 26.3 Å². The van der Waals surface area contributed by atoms with E-state index in [-0.39, 0.29) is 17.7 Å². The van der Waals surface area contributed by atoms with Crippen molar-refractivity contribution in [3.63, 3.8) is 0 Å². The fourth-order valence-corrected chi connectivity index (χ4v) is 5.32. The Morgan fingerprint density at radius 3 is 2.40 bits per heavy atom. The predicted octanol–water partition coefficient (Wildman–Crippen LogP) is 2.87. The summed E-state index contributed by atoms with van der Waals surface area (Å²) < 4.78 is 37.6. The van der Waals surface area contributed by atoms with Crippen LogP contribution in [0.2, 0.25) is 0 Å². The molecule has 0 radical (unpaired) electrons. The third-order valence-electron chi connectivity index (χ3n) is 5.44. The molecule has 4 rings (SSSR count). The fraction of sp³-hybridized carbons (Fsp3) is 0.409. The molecule has 1 fully saturated rings. The number of hydrogen-bond donors (Lipinski definition) is 1. The molecule has 0 spiro atoms. The molecule has 1 atom stereocenters. The van der Waals surface area contributed by atoms with E-state index in [9.17, 15) is 13.2 Å². The lowest BCUT2D eigenvalue weighted by Gasteiger charge is -2.21. The molecule has 7 nitrogen and oxygen atoms in total. The van der Waals surface area contributed by atoms with Gasteiger partial charge in [0.25, 0.3) is 5.91 Å². The second kappa shape index (κ2) is 8.65. The maximum atomic E-state index is 12.6. The zero-order valence-electron chi connectivity index (χ0n) is 17.0. The van der Waals surface area contributed by atoms with Gasteiger partial charge in [0.1, 0.15) is 13.2 Å². The van der Waals surface area contributed by atoms with Crippen molar-refractivity contribution >= 4 is 15.9 Å². The lowest BCUT2D eigenvalue weighted by molar-refractivity contribution is 0.0939. The van der Waals surface area contributed by atoms with Crippen LogP contribution in [0.25, 0.3) is 0 Å². The molecule has 0 bridgehead atoms. The van der Waals surface area contributed by atoms with Crippen LogP contribution in [0.3, 0.4) is 0 Å². The number of ether oxygens (including phenoxy) is 2. The SMILES string of the molecule is C[C@@H](NC(=O)c1ccc(CS(=O)(=O)N2CCCC2)cc1)c1ccc2c(c1)OCCO2. The molecule has 1 N–H and O–H groups in total. The lowest BCUT2D eigenvalue weighted by Crippen LogP contribution is -2.29. The quantitative estimate of drug-likeness (QED) is 0.762. The number of hydrogen-bond acceptors (Lipinski definition) is 5. The van der Waals surface area contributed by atoms with Crippen molar-refractivity contribution in [3.8, 4) is 11.5 Å². The molecular weight excluding hydrogens is 404 g/mol. The van der Waals surface area contributed by atoms with Crippen molar-refractivity contribution in [2.45, 2.75) is 31.6 Å². The summed E-state index contributed by atoms with van der Waals surface area (Å²) in [5.41, 5.74) is 2.08. The second-order valence-corrected chi connectivity index (χ2v) is 9.63. The van der Waals surface area contributed by atoms with Gasteiger partial charge in [-0.15, -0.1) is 0 Å². The predicted molar refractivity (Wildman–Crippen MR) is 113 cm³/mol. The summed E-state index contributed by atoms with van der Waals surface area (Å²) in [6, 6.07) is 12.2. The van der Waals surface area contributed by atoms with Crippen molar-refractivity contribution in [1.29, 1.82) is 0 Å². The second-order valence-electron chi connectivity index (χ2n) is 7.66. The summed E-state index contributed by atoms with van der Waals surface area (Å²) in [5, 5.41) is 2.97. The van der Waals surface area contributed by atoms with E-state index >= 15 is 0 Å². The van der Waals surface area contributed by atoms with Gasteiger partial charge in [-0.2, -0.15) is 0 Å². The summed E-state index contributed by atoms with van der Waals surface area (Å²) in [7, 11) is -3.30. The number of carbonyl (C=O) groups excluding carboxylic acids is 1. The van der Waals surface area contributed by atoms with Crippen LogP contribution in [0.1, 0.15) is 47.3 Å². The molecule has 0 aromatic heterocycles. The molecule has 2 aliphatic heterocycles. The minimum Gasteiger partial charge on any atom is -0.486 e. The van der Waals surface area contributed by atoms with Crippen molar-refractivity contribution in [1.82, 2.24) is 9.62 Å². The first kappa shape index (κ1) is 20.7. The Hall–Kier alpha value is -2.58. The van der Waals surface area contributed by atoms with Crippen molar-refractivity contribution < 1.29 is 22.7 Å². The smallest absolute Gasteiger partial charge is 0.251 e. The summed E-state index contributed by atoms with van der Waals surface area (Å²) in [5.74, 6) is 1.14. The maximum absolute atomic E-state index is 12.6. The van der Waals surface area contributed by atoms with E-state index in [0.29, 0.717) is 48.9 Å². The average Bonchev–Trinajstić information content (AvgIpc) is 3.29. The highest BCUT2D eigenvalue weighted by Gasteiger charge is 2.25. The standard InChI is InChI=1S/C22H26N2O5S/c1-16(19-8-9-20-21(14-19)29-13-12-28-20)23-22(25)18-6-4-17(5-7-18)15-30(26,27)24-10-2-3-11-24/h4-9,14,16H,2-3,10-13,15H2,1H3,(H,23,25)/t16-/m1/s1. The largest absolute Gasteiger partial charge is 0.486 e. The zero-order chi connectivity index (χ0) is 21.1. The molecule has 160 valence electrons. The summed E-state index contributed by atoms with van der Waals surface area (Å²) in [6.45, 7) is 4.15. The molecular formula is C22H26N2O5S. The first-order valence-electron chi connectivity index (χ1n) is 10.2. The topological polar surface area (TPSA) is 84.9 Å². The van der Waals surface area contributed by atoms with Crippen LogP contribution in [-0.4, -0.2) is 44.9 Å². The monoisotopic (exact) mass is 430 g/mol. The Morgan fingerprint density at radius 2 is 1.70 bits per heavy atom. The van der Waals surface area contributed by atoms with Gasteiger partial charge in [0.15, 0.2) is 11.5 Å². The molecule has 0 unspecified atom stereocenters. The van der Waals surface area contributed by atoms with Gasteiger partial charge in [-0.1, -0.05) is 18.2 Å². The number of nitrogens with zero attached hydrogens (tertiary/aromatic N) is 1. The highest BCUT2D eigenvalue weighted by atomic mass is 32.2. The van der Waals surface area contributed by atoms with Crippen LogP contribution in [0.4, 0.5) is 0 Å². The molecule has 2 aromatic rings. The molecule has 2 heterocycles. The zero-order valence-corrected chi connectivity index (χ0v) is 17.8. The van der Waals surface area contributed by atoms with E-state index in [1.165, 1.54) is 0 Å². The molecule has 2 aromatic carbocycles. The Morgan fingerprint density at radius 1 is 1.03 bits per heavy atom. The van der Waals surface area contributed by atoms with E-state index in [0.717, 1.165) is 18.4 Å². The van der Waals surface area contributed by atoms with Gasteiger partial charge in [0, 0.05) is 18.7 Å². The van der Waals surface area contributed by atoms with Crippen LogP contribution < -0.4 is 14.8 Å². The highest BCUT2D eigenvalue weighted by Crippen LogP contribution is 2.32. The van der Waals surface area contributed by atoms with E-state index in [1.807, 2.05) is 25.1 Å². The van der Waals surface area contributed by atoms with Gasteiger partial charge < -0.3 is 14.8 Å². The molecule has 0 aliphatic carbocycles. The molecule has 8 heteroatoms. The summed E-state index contributed by atoms with van der Waals surface area (Å²) in [6.07, 6.45) is 1.83. The molecule has 1 saturated heterocycles. The minimum atomic E-state index is -3.30. The van der Waals surface area contributed by atoms with Gasteiger partial charge in [-0.05, 0) is 55.2 Å². The number of benzene rings is 2. The first-order chi connectivity index (χ1) is 14.4. The highest BCUT2D eigenvalue weighted by molar-refractivity contribution is 7.88. The van der Waals surface area contributed by atoms with Crippen LogP contribution >= 0.6 is 0 Å². The van der Waals surface area contributed by atoms with E-state index in [4.69, 9.17) is 9.47 Å². The van der Waals surface area contributed by atoms with Crippen molar-refractivity contribution in [3.05, 3.63) is 59.2 Å². The number of nitrogens with one attached hydrogen (secondary N) is 1. The molecule has 0 saturated carbocycles. The summed E-state index contributed by atoms with van der Waals surface area (Å²) >= 11 is 0. The Labute approximate surface area is 177 Å². The normalized spacial score (nSPS) is 17.5. The Kier molecular flexibility index (Phi) is 5.97. The first-order valence-corrected chi connectivity index (χ1v) is 11.8. The number of fused-ring (bicyclic) bond motifs is 1. The fourth-order valence-electron chi connectivity index (χ4n) is 3.71.